The average Bonchev–Trinajstić information content (AvgIpc) is 3.00. The number of hydrogen-bond donors (Lipinski definition) is 0. The molecule has 0 bridgehead atoms. The molecule has 0 radical (unpaired) electrons. The lowest BCUT2D eigenvalue weighted by Gasteiger charge is -2.43. The number of amides is 2. The van der Waals surface area contributed by atoms with Crippen LogP contribution in [-0.4, -0.2) is 30.9 Å². The third-order valence-corrected chi connectivity index (χ3v) is 7.64. The maximum atomic E-state index is 13.9. The molecule has 1 aliphatic rings. The Morgan fingerprint density at radius 3 is 2.31 bits per heavy atom. The molecule has 4 aromatic carbocycles. The van der Waals surface area contributed by atoms with Gasteiger partial charge in [0.1, 0.15) is 12.4 Å². The summed E-state index contributed by atoms with van der Waals surface area (Å²) in [5.41, 5.74) is 4.24. The fourth-order valence-corrected chi connectivity index (χ4v) is 5.55. The highest BCUT2D eigenvalue weighted by atomic mass is 35.5. The first kappa shape index (κ1) is 28.9. The van der Waals surface area contributed by atoms with Gasteiger partial charge in [0.05, 0.1) is 18.7 Å². The highest BCUT2D eigenvalue weighted by Gasteiger charge is 2.38. The Morgan fingerprint density at radius 2 is 1.62 bits per heavy atom. The molecule has 8 heteroatoms. The van der Waals surface area contributed by atoms with E-state index < -0.39 is 5.97 Å². The summed E-state index contributed by atoms with van der Waals surface area (Å²) in [6.45, 7) is 3.82. The Hall–Kier alpha value is -4.62. The first-order valence-electron chi connectivity index (χ1n) is 13.6. The van der Waals surface area contributed by atoms with E-state index in [-0.39, 0.29) is 30.5 Å². The van der Waals surface area contributed by atoms with E-state index in [0.29, 0.717) is 28.3 Å². The molecular formula is C34H31ClN2O5. The molecule has 0 aliphatic carbocycles. The van der Waals surface area contributed by atoms with Crippen LogP contribution in [0, 0.1) is 0 Å². The molecular weight excluding hydrogens is 552 g/mol. The molecule has 0 aromatic heterocycles. The number of carbonyl (C=O) groups excluding carboxylic acids is 3. The van der Waals surface area contributed by atoms with Crippen LogP contribution in [0.15, 0.2) is 97.1 Å². The number of anilines is 2. The van der Waals surface area contributed by atoms with E-state index >= 15 is 0 Å². The molecule has 0 saturated heterocycles. The number of benzene rings is 4. The number of methoxy groups -OCH3 is 1. The molecule has 214 valence electrons. The lowest BCUT2D eigenvalue weighted by Crippen LogP contribution is -2.47. The van der Waals surface area contributed by atoms with Gasteiger partial charge >= 0.3 is 5.97 Å². The van der Waals surface area contributed by atoms with Crippen molar-refractivity contribution in [1.82, 2.24) is 0 Å². The summed E-state index contributed by atoms with van der Waals surface area (Å²) in [6.07, 6.45) is 0.566. The quantitative estimate of drug-likeness (QED) is 0.215. The van der Waals surface area contributed by atoms with Crippen LogP contribution < -0.4 is 14.5 Å². The second-order valence-electron chi connectivity index (χ2n) is 10.2. The minimum absolute atomic E-state index is 0.0864. The van der Waals surface area contributed by atoms with Gasteiger partial charge in [-0.1, -0.05) is 41.9 Å². The van der Waals surface area contributed by atoms with Crippen molar-refractivity contribution in [3.05, 3.63) is 124 Å². The number of esters is 1. The minimum Gasteiger partial charge on any atom is -0.489 e. The number of halogens is 1. The van der Waals surface area contributed by atoms with Crippen LogP contribution in [0.5, 0.6) is 5.75 Å². The van der Waals surface area contributed by atoms with E-state index in [0.717, 1.165) is 22.5 Å². The van der Waals surface area contributed by atoms with Gasteiger partial charge in [0, 0.05) is 34.9 Å². The Bertz CT molecular complexity index is 1600. The number of para-hydroxylation sites is 1. The summed E-state index contributed by atoms with van der Waals surface area (Å²) >= 11 is 6.10. The molecule has 42 heavy (non-hydrogen) atoms. The van der Waals surface area contributed by atoms with Crippen LogP contribution in [0.25, 0.3) is 0 Å². The molecule has 2 unspecified atom stereocenters. The fraction of sp³-hybridized carbons (Fsp3) is 0.206. The molecule has 2 amide bonds. The molecule has 1 aliphatic heterocycles. The van der Waals surface area contributed by atoms with E-state index in [1.54, 1.807) is 71.3 Å². The molecule has 1 heterocycles. The average molecular weight is 583 g/mol. The summed E-state index contributed by atoms with van der Waals surface area (Å²) in [5.74, 6) is -0.0240. The van der Waals surface area contributed by atoms with Gasteiger partial charge in [-0.2, -0.15) is 0 Å². The molecule has 7 nitrogen and oxygen atoms in total. The van der Waals surface area contributed by atoms with Gasteiger partial charge in [0.2, 0.25) is 5.91 Å². The van der Waals surface area contributed by atoms with Crippen LogP contribution in [0.3, 0.4) is 0 Å². The van der Waals surface area contributed by atoms with E-state index in [2.05, 4.69) is 0 Å². The number of carbonyl (C=O) groups is 3. The van der Waals surface area contributed by atoms with Crippen molar-refractivity contribution in [1.29, 1.82) is 0 Å². The van der Waals surface area contributed by atoms with E-state index in [9.17, 15) is 14.4 Å². The topological polar surface area (TPSA) is 76.2 Å². The van der Waals surface area contributed by atoms with Crippen molar-refractivity contribution in [3.8, 4) is 5.75 Å². The van der Waals surface area contributed by atoms with Crippen molar-refractivity contribution < 1.29 is 23.9 Å². The van der Waals surface area contributed by atoms with Crippen LogP contribution in [-0.2, 0) is 16.1 Å². The van der Waals surface area contributed by atoms with Crippen molar-refractivity contribution in [2.75, 3.05) is 16.9 Å². The van der Waals surface area contributed by atoms with Gasteiger partial charge in [-0.05, 0) is 91.2 Å². The van der Waals surface area contributed by atoms with Crippen LogP contribution in [0.2, 0.25) is 5.02 Å². The summed E-state index contributed by atoms with van der Waals surface area (Å²) in [5, 5.41) is 0.598. The summed E-state index contributed by atoms with van der Waals surface area (Å²) < 4.78 is 10.7. The number of rotatable bonds is 7. The SMILES string of the molecule is COC(=O)c1cccc(COc2ccc(C(=O)N3c4ccccc4C(N(C(C)=O)c4ccc(Cl)cc4)CC3C)cc2)c1. The maximum Gasteiger partial charge on any atom is 0.337 e. The normalized spacial score (nSPS) is 15.9. The van der Waals surface area contributed by atoms with Gasteiger partial charge in [0.15, 0.2) is 0 Å². The van der Waals surface area contributed by atoms with Crippen LogP contribution >= 0.6 is 11.6 Å². The Balaban J connectivity index is 1.35. The standard InChI is InChI=1S/C34H31ClN2O5/c1-22-19-32(37(23(2)38)28-15-13-27(35)14-16-28)30-9-4-5-10-31(30)36(22)33(39)25-11-17-29(18-12-25)42-21-24-7-6-8-26(20-24)34(40)41-3/h4-18,20,22,32H,19,21H2,1-3H3. The highest BCUT2D eigenvalue weighted by molar-refractivity contribution is 6.30. The monoisotopic (exact) mass is 582 g/mol. The zero-order chi connectivity index (χ0) is 29.8. The zero-order valence-electron chi connectivity index (χ0n) is 23.6. The van der Waals surface area contributed by atoms with E-state index in [1.165, 1.54) is 7.11 Å². The van der Waals surface area contributed by atoms with Gasteiger partial charge < -0.3 is 19.3 Å². The van der Waals surface area contributed by atoms with Crippen molar-refractivity contribution >= 4 is 40.8 Å². The van der Waals surface area contributed by atoms with E-state index in [4.69, 9.17) is 21.1 Å². The second-order valence-corrected chi connectivity index (χ2v) is 10.6. The van der Waals surface area contributed by atoms with Crippen LogP contribution in [0.1, 0.15) is 58.2 Å². The number of hydrogen-bond acceptors (Lipinski definition) is 5. The molecule has 0 fully saturated rings. The predicted octanol–water partition coefficient (Wildman–Crippen LogP) is 7.24. The number of ether oxygens (including phenoxy) is 2. The Kier molecular flexibility index (Phi) is 8.59. The summed E-state index contributed by atoms with van der Waals surface area (Å²) in [6, 6.07) is 28.6. The van der Waals surface area contributed by atoms with Crippen molar-refractivity contribution in [3.63, 3.8) is 0 Å². The number of fused-ring (bicyclic) bond motifs is 1. The minimum atomic E-state index is -0.404. The molecule has 2 atom stereocenters. The predicted molar refractivity (Wildman–Crippen MR) is 163 cm³/mol. The maximum absolute atomic E-state index is 13.9. The Morgan fingerprint density at radius 1 is 0.905 bits per heavy atom. The number of nitrogens with zero attached hydrogens (tertiary/aromatic N) is 2. The Labute approximate surface area is 250 Å². The molecule has 0 saturated carbocycles. The van der Waals surface area contributed by atoms with Gasteiger partial charge in [-0.15, -0.1) is 0 Å². The first-order chi connectivity index (χ1) is 20.3. The van der Waals surface area contributed by atoms with Gasteiger partial charge in [-0.25, -0.2) is 4.79 Å². The van der Waals surface area contributed by atoms with E-state index in [1.807, 2.05) is 49.4 Å². The smallest absolute Gasteiger partial charge is 0.337 e. The van der Waals surface area contributed by atoms with Crippen molar-refractivity contribution in [2.45, 2.75) is 39.0 Å². The summed E-state index contributed by atoms with van der Waals surface area (Å²) in [7, 11) is 1.35. The summed E-state index contributed by atoms with van der Waals surface area (Å²) in [4.78, 5) is 42.1. The largest absolute Gasteiger partial charge is 0.489 e. The molecule has 0 spiro atoms. The van der Waals surface area contributed by atoms with Gasteiger partial charge in [-0.3, -0.25) is 9.59 Å². The lowest BCUT2D eigenvalue weighted by atomic mass is 9.89. The zero-order valence-corrected chi connectivity index (χ0v) is 24.4. The first-order valence-corrected chi connectivity index (χ1v) is 14.0. The molecule has 4 aromatic rings. The molecule has 0 N–H and O–H groups in total. The van der Waals surface area contributed by atoms with Crippen molar-refractivity contribution in [2.24, 2.45) is 0 Å². The van der Waals surface area contributed by atoms with Gasteiger partial charge in [0.25, 0.3) is 5.91 Å². The van der Waals surface area contributed by atoms with Crippen LogP contribution in [0.4, 0.5) is 11.4 Å². The lowest BCUT2D eigenvalue weighted by molar-refractivity contribution is -0.117. The molecule has 5 rings (SSSR count). The third-order valence-electron chi connectivity index (χ3n) is 7.39. The second kappa shape index (κ2) is 12.5. The fourth-order valence-electron chi connectivity index (χ4n) is 5.42. The third kappa shape index (κ3) is 6.02. The highest BCUT2D eigenvalue weighted by Crippen LogP contribution is 2.43.